The molecule has 3 N–H and O–H groups in total. The molecule has 0 aliphatic heterocycles. The molecule has 100 valence electrons. The monoisotopic (exact) mass is 270 g/mol. The minimum absolute atomic E-state index is 0.0110. The van der Waals surface area contributed by atoms with Gasteiger partial charge in [-0.15, -0.1) is 11.8 Å². The van der Waals surface area contributed by atoms with Crippen molar-refractivity contribution < 1.29 is 9.18 Å². The summed E-state index contributed by atoms with van der Waals surface area (Å²) in [7, 11) is 0. The lowest BCUT2D eigenvalue weighted by Gasteiger charge is -2.18. The third kappa shape index (κ3) is 6.61. The summed E-state index contributed by atoms with van der Waals surface area (Å²) in [6.45, 7) is 4.19. The molecule has 0 spiro atoms. The summed E-state index contributed by atoms with van der Waals surface area (Å²) < 4.78 is 12.7. The van der Waals surface area contributed by atoms with Crippen LogP contribution in [0.1, 0.15) is 20.3 Å². The van der Waals surface area contributed by atoms with E-state index in [4.69, 9.17) is 5.73 Å². The van der Waals surface area contributed by atoms with Gasteiger partial charge in [-0.25, -0.2) is 4.39 Å². The molecule has 1 aromatic carbocycles. The second-order valence-electron chi connectivity index (χ2n) is 4.82. The third-order valence-electron chi connectivity index (χ3n) is 2.15. The molecule has 0 aliphatic rings. The summed E-state index contributed by atoms with van der Waals surface area (Å²) in [6.07, 6.45) is 0.429. The smallest absolute Gasteiger partial charge is 0.220 e. The minimum Gasteiger partial charge on any atom is -0.354 e. The molecule has 0 atom stereocenters. The largest absolute Gasteiger partial charge is 0.354 e. The van der Waals surface area contributed by atoms with E-state index in [0.717, 1.165) is 4.90 Å². The average molecular weight is 270 g/mol. The fourth-order valence-electron chi connectivity index (χ4n) is 1.21. The number of carbonyl (C=O) groups excluding carboxylic acids is 1. The second-order valence-corrected chi connectivity index (χ2v) is 5.99. The van der Waals surface area contributed by atoms with Crippen LogP contribution in [0.4, 0.5) is 4.39 Å². The normalized spacial score (nSPS) is 11.3. The van der Waals surface area contributed by atoms with E-state index in [9.17, 15) is 9.18 Å². The maximum atomic E-state index is 12.7. The Morgan fingerprint density at radius 3 is 2.56 bits per heavy atom. The van der Waals surface area contributed by atoms with Crippen LogP contribution in [0.15, 0.2) is 29.2 Å². The molecule has 1 rings (SSSR count). The van der Waals surface area contributed by atoms with E-state index in [2.05, 4.69) is 5.32 Å². The quantitative estimate of drug-likeness (QED) is 0.779. The number of benzene rings is 1. The molecule has 0 heterocycles. The van der Waals surface area contributed by atoms with Crippen LogP contribution in [-0.2, 0) is 4.79 Å². The average Bonchev–Trinajstić information content (AvgIpc) is 2.28. The number of hydrogen-bond donors (Lipinski definition) is 2. The van der Waals surface area contributed by atoms with Gasteiger partial charge < -0.3 is 11.1 Å². The van der Waals surface area contributed by atoms with Crippen LogP contribution in [-0.4, -0.2) is 23.7 Å². The Bertz CT molecular complexity index is 387. The van der Waals surface area contributed by atoms with E-state index in [0.29, 0.717) is 18.7 Å². The standard InChI is InChI=1S/C13H19FN2OS/c1-13(2,15)9-16-12(17)7-8-18-11-5-3-10(14)4-6-11/h3-6H,7-9,15H2,1-2H3,(H,16,17). The van der Waals surface area contributed by atoms with Gasteiger partial charge in [0.1, 0.15) is 5.82 Å². The predicted octanol–water partition coefficient (Wildman–Crippen LogP) is 2.16. The van der Waals surface area contributed by atoms with Crippen LogP contribution in [0.2, 0.25) is 0 Å². The fraction of sp³-hybridized carbons (Fsp3) is 0.462. The lowest BCUT2D eigenvalue weighted by molar-refractivity contribution is -0.120. The maximum Gasteiger partial charge on any atom is 0.220 e. The van der Waals surface area contributed by atoms with E-state index in [1.807, 2.05) is 13.8 Å². The van der Waals surface area contributed by atoms with E-state index in [-0.39, 0.29) is 17.3 Å². The Morgan fingerprint density at radius 2 is 2.00 bits per heavy atom. The number of carbonyl (C=O) groups is 1. The molecule has 0 aromatic heterocycles. The number of rotatable bonds is 6. The highest BCUT2D eigenvalue weighted by molar-refractivity contribution is 7.99. The molecule has 0 unspecified atom stereocenters. The van der Waals surface area contributed by atoms with Crippen molar-refractivity contribution in [1.82, 2.24) is 5.32 Å². The zero-order valence-corrected chi connectivity index (χ0v) is 11.5. The van der Waals surface area contributed by atoms with Crippen molar-refractivity contribution in [1.29, 1.82) is 0 Å². The lowest BCUT2D eigenvalue weighted by Crippen LogP contribution is -2.45. The Balaban J connectivity index is 2.21. The van der Waals surface area contributed by atoms with Crippen molar-refractivity contribution in [2.75, 3.05) is 12.3 Å². The van der Waals surface area contributed by atoms with E-state index < -0.39 is 0 Å². The Hall–Kier alpha value is -1.07. The van der Waals surface area contributed by atoms with E-state index in [1.54, 1.807) is 12.1 Å². The van der Waals surface area contributed by atoms with Gasteiger partial charge in [0.25, 0.3) is 0 Å². The van der Waals surface area contributed by atoms with Crippen LogP contribution < -0.4 is 11.1 Å². The summed E-state index contributed by atoms with van der Waals surface area (Å²) in [6, 6.07) is 6.25. The van der Waals surface area contributed by atoms with Gasteiger partial charge in [-0.2, -0.15) is 0 Å². The van der Waals surface area contributed by atoms with Gasteiger partial charge in [-0.05, 0) is 38.1 Å². The zero-order chi connectivity index (χ0) is 13.6. The van der Waals surface area contributed by atoms with Crippen LogP contribution in [0, 0.1) is 5.82 Å². The van der Waals surface area contributed by atoms with Gasteiger partial charge >= 0.3 is 0 Å². The summed E-state index contributed by atoms with van der Waals surface area (Å²) in [5.41, 5.74) is 5.37. The maximum absolute atomic E-state index is 12.7. The van der Waals surface area contributed by atoms with Crippen LogP contribution in [0.5, 0.6) is 0 Å². The molecule has 1 amide bonds. The number of nitrogens with one attached hydrogen (secondary N) is 1. The van der Waals surface area contributed by atoms with Gasteiger partial charge in [0.15, 0.2) is 0 Å². The van der Waals surface area contributed by atoms with Crippen molar-refractivity contribution in [2.24, 2.45) is 5.73 Å². The van der Waals surface area contributed by atoms with E-state index in [1.165, 1.54) is 23.9 Å². The minimum atomic E-state index is -0.389. The third-order valence-corrected chi connectivity index (χ3v) is 3.17. The summed E-state index contributed by atoms with van der Waals surface area (Å²) in [5, 5.41) is 2.78. The Morgan fingerprint density at radius 1 is 1.39 bits per heavy atom. The first kappa shape index (κ1) is 15.0. The first-order chi connectivity index (χ1) is 8.37. The van der Waals surface area contributed by atoms with Crippen molar-refractivity contribution in [3.05, 3.63) is 30.1 Å². The topological polar surface area (TPSA) is 55.1 Å². The van der Waals surface area contributed by atoms with Gasteiger partial charge in [0, 0.05) is 29.2 Å². The molecule has 5 heteroatoms. The van der Waals surface area contributed by atoms with Gasteiger partial charge in [0.2, 0.25) is 5.91 Å². The molecule has 0 bridgehead atoms. The van der Waals surface area contributed by atoms with Crippen molar-refractivity contribution in [3.8, 4) is 0 Å². The summed E-state index contributed by atoms with van der Waals surface area (Å²) in [4.78, 5) is 12.5. The van der Waals surface area contributed by atoms with Gasteiger partial charge in [0.05, 0.1) is 0 Å². The highest BCUT2D eigenvalue weighted by atomic mass is 32.2. The van der Waals surface area contributed by atoms with Crippen LogP contribution >= 0.6 is 11.8 Å². The molecule has 0 radical (unpaired) electrons. The number of nitrogens with two attached hydrogens (primary N) is 1. The van der Waals surface area contributed by atoms with Crippen molar-refractivity contribution in [2.45, 2.75) is 30.7 Å². The van der Waals surface area contributed by atoms with Crippen molar-refractivity contribution >= 4 is 17.7 Å². The van der Waals surface area contributed by atoms with Crippen LogP contribution in [0.3, 0.4) is 0 Å². The Labute approximate surface area is 111 Å². The number of halogens is 1. The second kappa shape index (κ2) is 6.75. The molecule has 3 nitrogen and oxygen atoms in total. The van der Waals surface area contributed by atoms with E-state index >= 15 is 0 Å². The highest BCUT2D eigenvalue weighted by Gasteiger charge is 2.11. The van der Waals surface area contributed by atoms with Gasteiger partial charge in [-0.1, -0.05) is 0 Å². The zero-order valence-electron chi connectivity index (χ0n) is 10.7. The van der Waals surface area contributed by atoms with Gasteiger partial charge in [-0.3, -0.25) is 4.79 Å². The Kier molecular flexibility index (Phi) is 5.62. The fourth-order valence-corrected chi connectivity index (χ4v) is 2.06. The SMILES string of the molecule is CC(C)(N)CNC(=O)CCSc1ccc(F)cc1. The molecule has 0 fully saturated rings. The molecule has 18 heavy (non-hydrogen) atoms. The summed E-state index contributed by atoms with van der Waals surface area (Å²) >= 11 is 1.53. The lowest BCUT2D eigenvalue weighted by atomic mass is 10.1. The first-order valence-corrected chi connectivity index (χ1v) is 6.79. The molecular weight excluding hydrogens is 251 g/mol. The number of thioether (sulfide) groups is 1. The van der Waals surface area contributed by atoms with Crippen molar-refractivity contribution in [3.63, 3.8) is 0 Å². The molecule has 1 aromatic rings. The molecule has 0 saturated heterocycles. The number of hydrogen-bond acceptors (Lipinski definition) is 3. The summed E-state index contributed by atoms with van der Waals surface area (Å²) in [5.74, 6) is 0.410. The molecular formula is C13H19FN2OS. The highest BCUT2D eigenvalue weighted by Crippen LogP contribution is 2.18. The molecule has 0 aliphatic carbocycles. The first-order valence-electron chi connectivity index (χ1n) is 5.81. The van der Waals surface area contributed by atoms with Crippen LogP contribution in [0.25, 0.3) is 0 Å². The number of amides is 1. The molecule has 0 saturated carbocycles. The predicted molar refractivity (Wildman–Crippen MR) is 73.0 cm³/mol.